The van der Waals surface area contributed by atoms with Crippen LogP contribution in [0.15, 0.2) is 47.1 Å². The lowest BCUT2D eigenvalue weighted by molar-refractivity contribution is -0.127. The number of fused-ring (bicyclic) bond motifs is 1. The minimum Gasteiger partial charge on any atom is -0.369 e. The molecule has 1 saturated carbocycles. The van der Waals surface area contributed by atoms with Gasteiger partial charge in [0.15, 0.2) is 0 Å². The van der Waals surface area contributed by atoms with Crippen molar-refractivity contribution in [1.82, 2.24) is 9.88 Å². The Morgan fingerprint density at radius 2 is 2.04 bits per heavy atom. The molecule has 1 aromatic heterocycles. The number of rotatable bonds is 5. The Kier molecular flexibility index (Phi) is 4.53. The summed E-state index contributed by atoms with van der Waals surface area (Å²) in [4.78, 5) is 31.0. The standard InChI is InChI=1S/C20H20BrN3O2/c21-16-6-3-9-23-17(16)10-18-14-4-1-2-5-15(14)20(26)24(18)11-12-7-8-13(12)19(22)25/h1-6,9,12-13,18H,7-8,10-11H2,(H2,22,25). The summed E-state index contributed by atoms with van der Waals surface area (Å²) >= 11 is 3.56. The van der Waals surface area contributed by atoms with Crippen LogP contribution >= 0.6 is 15.9 Å². The first kappa shape index (κ1) is 17.2. The first-order valence-corrected chi connectivity index (χ1v) is 9.64. The molecule has 2 amide bonds. The van der Waals surface area contributed by atoms with Crippen molar-refractivity contribution in [2.45, 2.75) is 25.3 Å². The Bertz CT molecular complexity index is 870. The Hall–Kier alpha value is -2.21. The number of amides is 2. The molecule has 2 heterocycles. The number of aromatic nitrogens is 1. The van der Waals surface area contributed by atoms with Crippen molar-refractivity contribution in [3.05, 3.63) is 63.9 Å². The second kappa shape index (κ2) is 6.83. The van der Waals surface area contributed by atoms with E-state index >= 15 is 0 Å². The quantitative estimate of drug-likeness (QED) is 0.817. The van der Waals surface area contributed by atoms with Crippen LogP contribution in [0.5, 0.6) is 0 Å². The molecule has 134 valence electrons. The highest BCUT2D eigenvalue weighted by Crippen LogP contribution is 2.41. The van der Waals surface area contributed by atoms with Gasteiger partial charge in [-0.05, 0) is 58.5 Å². The Labute approximate surface area is 160 Å². The number of nitrogens with zero attached hydrogens (tertiary/aromatic N) is 2. The number of hydrogen-bond acceptors (Lipinski definition) is 3. The van der Waals surface area contributed by atoms with Crippen molar-refractivity contribution in [1.29, 1.82) is 0 Å². The fourth-order valence-electron chi connectivity index (χ4n) is 4.04. The molecule has 3 unspecified atom stereocenters. The van der Waals surface area contributed by atoms with Crippen LogP contribution in [0.4, 0.5) is 0 Å². The summed E-state index contributed by atoms with van der Waals surface area (Å²) in [5, 5.41) is 0. The van der Waals surface area contributed by atoms with E-state index in [2.05, 4.69) is 20.9 Å². The summed E-state index contributed by atoms with van der Waals surface area (Å²) in [5.41, 5.74) is 8.21. The van der Waals surface area contributed by atoms with E-state index in [1.54, 1.807) is 6.20 Å². The molecule has 5 nitrogen and oxygen atoms in total. The Balaban J connectivity index is 1.64. The van der Waals surface area contributed by atoms with Crippen molar-refractivity contribution >= 4 is 27.7 Å². The summed E-state index contributed by atoms with van der Waals surface area (Å²) in [6.07, 6.45) is 4.17. The Morgan fingerprint density at radius 3 is 2.73 bits per heavy atom. The highest BCUT2D eigenvalue weighted by molar-refractivity contribution is 9.10. The molecule has 3 atom stereocenters. The normalized spacial score (nSPS) is 24.3. The predicted octanol–water partition coefficient (Wildman–Crippen LogP) is 3.10. The second-order valence-corrected chi connectivity index (χ2v) is 7.90. The molecule has 0 saturated heterocycles. The van der Waals surface area contributed by atoms with Crippen LogP contribution in [0.2, 0.25) is 0 Å². The number of pyridine rings is 1. The van der Waals surface area contributed by atoms with Gasteiger partial charge in [-0.2, -0.15) is 0 Å². The molecule has 2 aliphatic rings. The lowest BCUT2D eigenvalue weighted by Crippen LogP contribution is -2.45. The van der Waals surface area contributed by atoms with Gasteiger partial charge in [-0.25, -0.2) is 0 Å². The van der Waals surface area contributed by atoms with Gasteiger partial charge < -0.3 is 10.6 Å². The summed E-state index contributed by atoms with van der Waals surface area (Å²) in [5.74, 6) is -0.184. The predicted molar refractivity (Wildman–Crippen MR) is 101 cm³/mol. The molecule has 1 aliphatic carbocycles. The molecule has 2 aromatic rings. The molecule has 2 N–H and O–H groups in total. The smallest absolute Gasteiger partial charge is 0.254 e. The third-order valence-electron chi connectivity index (χ3n) is 5.62. The molecular weight excluding hydrogens is 394 g/mol. The molecule has 0 spiro atoms. The lowest BCUT2D eigenvalue weighted by atomic mass is 9.73. The van der Waals surface area contributed by atoms with Gasteiger partial charge in [-0.15, -0.1) is 0 Å². The van der Waals surface area contributed by atoms with Crippen LogP contribution in [-0.4, -0.2) is 28.2 Å². The minimum atomic E-state index is -0.255. The fraction of sp³-hybridized carbons (Fsp3) is 0.350. The van der Waals surface area contributed by atoms with Crippen LogP contribution in [0, 0.1) is 11.8 Å². The molecule has 1 fully saturated rings. The first-order chi connectivity index (χ1) is 12.6. The zero-order valence-corrected chi connectivity index (χ0v) is 15.9. The van der Waals surface area contributed by atoms with Gasteiger partial charge in [0.2, 0.25) is 5.91 Å². The molecular formula is C20H20BrN3O2. The first-order valence-electron chi connectivity index (χ1n) is 8.85. The Morgan fingerprint density at radius 1 is 1.23 bits per heavy atom. The number of primary amides is 1. The maximum Gasteiger partial charge on any atom is 0.254 e. The summed E-state index contributed by atoms with van der Waals surface area (Å²) < 4.78 is 0.940. The molecule has 0 bridgehead atoms. The van der Waals surface area contributed by atoms with Gasteiger partial charge in [-0.1, -0.05) is 18.2 Å². The van der Waals surface area contributed by atoms with E-state index in [0.717, 1.165) is 34.1 Å². The van der Waals surface area contributed by atoms with Crippen LogP contribution in [0.25, 0.3) is 0 Å². The van der Waals surface area contributed by atoms with Crippen molar-refractivity contribution in [3.8, 4) is 0 Å². The monoisotopic (exact) mass is 413 g/mol. The minimum absolute atomic E-state index is 0.0350. The zero-order valence-electron chi connectivity index (χ0n) is 14.3. The van der Waals surface area contributed by atoms with E-state index in [1.807, 2.05) is 41.3 Å². The average Bonchev–Trinajstić information content (AvgIpc) is 2.86. The van der Waals surface area contributed by atoms with Crippen LogP contribution < -0.4 is 5.73 Å². The summed E-state index contributed by atoms with van der Waals surface area (Å²) in [7, 11) is 0. The summed E-state index contributed by atoms with van der Waals surface area (Å²) in [6.45, 7) is 0.566. The van der Waals surface area contributed by atoms with E-state index < -0.39 is 0 Å². The van der Waals surface area contributed by atoms with Crippen molar-refractivity contribution < 1.29 is 9.59 Å². The van der Waals surface area contributed by atoms with Gasteiger partial charge in [-0.3, -0.25) is 14.6 Å². The SMILES string of the molecule is NC(=O)C1CCC1CN1C(=O)c2ccccc2C1Cc1ncccc1Br. The van der Waals surface area contributed by atoms with E-state index in [-0.39, 0.29) is 29.7 Å². The zero-order chi connectivity index (χ0) is 18.3. The average molecular weight is 414 g/mol. The number of nitrogens with two attached hydrogens (primary N) is 1. The van der Waals surface area contributed by atoms with E-state index in [1.165, 1.54) is 0 Å². The third kappa shape index (κ3) is 2.92. The van der Waals surface area contributed by atoms with Crippen LogP contribution in [-0.2, 0) is 11.2 Å². The molecule has 0 radical (unpaired) electrons. The highest BCUT2D eigenvalue weighted by atomic mass is 79.9. The molecule has 26 heavy (non-hydrogen) atoms. The van der Waals surface area contributed by atoms with Crippen molar-refractivity contribution in [2.24, 2.45) is 17.6 Å². The van der Waals surface area contributed by atoms with E-state index in [0.29, 0.717) is 13.0 Å². The van der Waals surface area contributed by atoms with Crippen molar-refractivity contribution in [2.75, 3.05) is 6.54 Å². The molecule has 1 aliphatic heterocycles. The fourth-order valence-corrected chi connectivity index (χ4v) is 4.46. The summed E-state index contributed by atoms with van der Waals surface area (Å²) in [6, 6.07) is 11.5. The van der Waals surface area contributed by atoms with Gasteiger partial charge >= 0.3 is 0 Å². The molecule has 1 aromatic carbocycles. The maximum atomic E-state index is 13.0. The maximum absolute atomic E-state index is 13.0. The van der Waals surface area contributed by atoms with Gasteiger partial charge in [0.25, 0.3) is 5.91 Å². The molecule has 4 rings (SSSR count). The number of halogens is 1. The van der Waals surface area contributed by atoms with Gasteiger partial charge in [0.1, 0.15) is 0 Å². The van der Waals surface area contributed by atoms with E-state index in [9.17, 15) is 9.59 Å². The van der Waals surface area contributed by atoms with Crippen LogP contribution in [0.3, 0.4) is 0 Å². The van der Waals surface area contributed by atoms with Gasteiger partial charge in [0.05, 0.1) is 11.7 Å². The molecule has 6 heteroatoms. The number of benzene rings is 1. The lowest BCUT2D eigenvalue weighted by Gasteiger charge is -2.38. The van der Waals surface area contributed by atoms with Crippen molar-refractivity contribution in [3.63, 3.8) is 0 Å². The largest absolute Gasteiger partial charge is 0.369 e. The van der Waals surface area contributed by atoms with Gasteiger partial charge in [0, 0.05) is 35.1 Å². The third-order valence-corrected chi connectivity index (χ3v) is 6.34. The highest BCUT2D eigenvalue weighted by Gasteiger charge is 2.42. The number of carbonyl (C=O) groups excluding carboxylic acids is 2. The topological polar surface area (TPSA) is 76.3 Å². The second-order valence-electron chi connectivity index (χ2n) is 7.04. The number of hydrogen-bond donors (Lipinski definition) is 1. The number of carbonyl (C=O) groups is 2. The van der Waals surface area contributed by atoms with Crippen LogP contribution in [0.1, 0.15) is 40.5 Å². The van der Waals surface area contributed by atoms with E-state index in [4.69, 9.17) is 5.73 Å².